The molecule has 0 spiro atoms. The fourth-order valence-electron chi connectivity index (χ4n) is 6.96. The monoisotopic (exact) mass is 678 g/mol. The predicted molar refractivity (Wildman–Crippen MR) is 187 cm³/mol. The Balaban J connectivity index is 1.51. The smallest absolute Gasteiger partial charge is 0.319 e. The van der Waals surface area contributed by atoms with Crippen LogP contribution in [0.5, 0.6) is 0 Å². The highest BCUT2D eigenvalue weighted by Crippen LogP contribution is 2.39. The van der Waals surface area contributed by atoms with Gasteiger partial charge in [-0.3, -0.25) is 24.0 Å². The second-order valence-electron chi connectivity index (χ2n) is 15.2. The summed E-state index contributed by atoms with van der Waals surface area (Å²) in [5.41, 5.74) is -0.680. The topological polar surface area (TPSA) is 166 Å². The Kier molecular flexibility index (Phi) is 12.6. The normalized spacial score (nSPS) is 20.6. The summed E-state index contributed by atoms with van der Waals surface area (Å²) >= 11 is 0. The maximum absolute atomic E-state index is 14.3. The molecule has 268 valence electrons. The van der Waals surface area contributed by atoms with Crippen molar-refractivity contribution < 1.29 is 28.8 Å². The van der Waals surface area contributed by atoms with Crippen molar-refractivity contribution in [1.82, 2.24) is 26.2 Å². The van der Waals surface area contributed by atoms with Crippen molar-refractivity contribution in [3.8, 4) is 0 Å². The number of nitrogens with zero attached hydrogens (tertiary/aromatic N) is 1. The molecule has 6 amide bonds. The summed E-state index contributed by atoms with van der Waals surface area (Å²) in [5, 5.41) is 14.0. The van der Waals surface area contributed by atoms with Crippen LogP contribution >= 0.6 is 0 Å². The number of Topliss-reactive ketones (excluding diaryl/α,β-unsaturated/α-hetero) is 1. The van der Waals surface area contributed by atoms with Crippen molar-refractivity contribution >= 4 is 41.1 Å². The Morgan fingerprint density at radius 3 is 2.22 bits per heavy atom. The van der Waals surface area contributed by atoms with Gasteiger partial charge in [0.1, 0.15) is 18.1 Å². The lowest BCUT2D eigenvalue weighted by molar-refractivity contribution is -0.145. The lowest BCUT2D eigenvalue weighted by Crippen LogP contribution is -2.63. The summed E-state index contributed by atoms with van der Waals surface area (Å²) in [4.78, 5) is 82.4. The maximum Gasteiger partial charge on any atom is 0.319 e. The molecule has 4 rings (SSSR count). The van der Waals surface area contributed by atoms with Crippen molar-refractivity contribution in [2.24, 2.45) is 16.7 Å². The Bertz CT molecular complexity index is 1380. The third kappa shape index (κ3) is 10.1. The zero-order valence-electron chi connectivity index (χ0n) is 29.4. The third-order valence-electron chi connectivity index (χ3n) is 10.0. The van der Waals surface area contributed by atoms with Gasteiger partial charge in [0.15, 0.2) is 0 Å². The number of hydrogen-bond acceptors (Lipinski definition) is 6. The summed E-state index contributed by atoms with van der Waals surface area (Å²) in [7, 11) is 0. The average Bonchev–Trinajstić information content (AvgIpc) is 3.74. The zero-order chi connectivity index (χ0) is 35.8. The number of urea groups is 1. The average molecular weight is 679 g/mol. The summed E-state index contributed by atoms with van der Waals surface area (Å²) in [6.07, 6.45) is 9.02. The van der Waals surface area contributed by atoms with E-state index in [1.807, 2.05) is 33.8 Å². The molecule has 12 nitrogen and oxygen atoms in total. The molecule has 4 atom stereocenters. The Morgan fingerprint density at radius 1 is 0.939 bits per heavy atom. The van der Waals surface area contributed by atoms with Crippen molar-refractivity contribution in [2.75, 3.05) is 18.4 Å². The highest BCUT2D eigenvalue weighted by atomic mass is 16.2. The maximum atomic E-state index is 14.3. The van der Waals surface area contributed by atoms with E-state index in [0.717, 1.165) is 44.9 Å². The van der Waals surface area contributed by atoms with E-state index in [2.05, 4.69) is 33.2 Å². The molecule has 1 aliphatic heterocycles. The lowest BCUT2D eigenvalue weighted by atomic mass is 9.70. The van der Waals surface area contributed by atoms with Crippen LogP contribution in [-0.4, -0.2) is 77.6 Å². The summed E-state index contributed by atoms with van der Waals surface area (Å²) < 4.78 is 0. The van der Waals surface area contributed by atoms with Crippen LogP contribution in [0.1, 0.15) is 91.9 Å². The van der Waals surface area contributed by atoms with Gasteiger partial charge >= 0.3 is 6.03 Å². The summed E-state index contributed by atoms with van der Waals surface area (Å²) in [6.45, 7) is 11.5. The van der Waals surface area contributed by atoms with Gasteiger partial charge in [0.05, 0.1) is 6.04 Å². The van der Waals surface area contributed by atoms with Gasteiger partial charge in [-0.2, -0.15) is 0 Å². The lowest BCUT2D eigenvalue weighted by Gasteiger charge is -2.42. The van der Waals surface area contributed by atoms with Crippen molar-refractivity contribution in [3.63, 3.8) is 0 Å². The Labute approximate surface area is 290 Å². The molecule has 0 bridgehead atoms. The first-order chi connectivity index (χ1) is 23.2. The molecule has 0 radical (unpaired) electrons. The van der Waals surface area contributed by atoms with Gasteiger partial charge in [-0.25, -0.2) is 4.79 Å². The van der Waals surface area contributed by atoms with Crippen LogP contribution in [0, 0.1) is 16.7 Å². The van der Waals surface area contributed by atoms with Gasteiger partial charge in [-0.1, -0.05) is 84.1 Å². The van der Waals surface area contributed by atoms with Gasteiger partial charge < -0.3 is 31.5 Å². The molecular weight excluding hydrogens is 624 g/mol. The second-order valence-corrected chi connectivity index (χ2v) is 15.2. The number of nitrogens with one attached hydrogen (secondary N) is 5. The van der Waals surface area contributed by atoms with Crippen LogP contribution in [-0.2, 0) is 24.0 Å². The number of likely N-dealkylation sites (tertiary alicyclic amines) is 1. The van der Waals surface area contributed by atoms with Crippen molar-refractivity contribution in [1.29, 1.82) is 0 Å². The van der Waals surface area contributed by atoms with Crippen LogP contribution in [0.25, 0.3) is 0 Å². The van der Waals surface area contributed by atoms with E-state index >= 15 is 0 Å². The summed E-state index contributed by atoms with van der Waals surface area (Å²) in [5.74, 6) is -2.61. The zero-order valence-corrected chi connectivity index (χ0v) is 29.4. The minimum Gasteiger partial charge on any atom is -0.346 e. The van der Waals surface area contributed by atoms with Gasteiger partial charge in [-0.05, 0) is 61.0 Å². The number of amides is 6. The van der Waals surface area contributed by atoms with Crippen molar-refractivity contribution in [3.05, 3.63) is 43.0 Å². The molecule has 1 aromatic rings. The molecule has 2 saturated carbocycles. The molecule has 3 aliphatic rings. The standard InChI is InChI=1S/C37H54N6O6/c1-6-21-38-32(46)28(44)26(23-24-17-18-24)40-31(45)27-16-13-22-43(27)34(48)30(36(2,3)4)41-33(47)29(37(5)19-11-8-12-20-37)42-35(49)39-25-14-9-7-10-15-25/h6-7,9-10,14-15,24,26-27,29-30H,1,8,11-13,16-23H2,2-5H3,(H,38,46)(H,40,45)(H,41,47)(H2,39,42,49)/t26?,27-,29+,30+/m0/s1. The number of hydrogen-bond donors (Lipinski definition) is 5. The van der Waals surface area contributed by atoms with E-state index in [0.29, 0.717) is 31.5 Å². The first kappa shape index (κ1) is 37.6. The van der Waals surface area contributed by atoms with E-state index in [-0.39, 0.29) is 12.5 Å². The van der Waals surface area contributed by atoms with Crippen LogP contribution < -0.4 is 26.6 Å². The van der Waals surface area contributed by atoms with Gasteiger partial charge in [0.2, 0.25) is 23.5 Å². The van der Waals surface area contributed by atoms with Gasteiger partial charge in [0, 0.05) is 18.8 Å². The largest absolute Gasteiger partial charge is 0.346 e. The third-order valence-corrected chi connectivity index (χ3v) is 10.0. The Hall–Kier alpha value is -4.22. The first-order valence-corrected chi connectivity index (χ1v) is 17.7. The van der Waals surface area contributed by atoms with Gasteiger partial charge in [-0.15, -0.1) is 6.58 Å². The molecule has 1 heterocycles. The predicted octanol–water partition coefficient (Wildman–Crippen LogP) is 3.83. The highest BCUT2D eigenvalue weighted by Gasteiger charge is 2.46. The quantitative estimate of drug-likeness (QED) is 0.148. The molecule has 12 heteroatoms. The minimum absolute atomic E-state index is 0.132. The molecular formula is C37H54N6O6. The molecule has 3 fully saturated rings. The molecule has 0 aromatic heterocycles. The van der Waals surface area contributed by atoms with Crippen LogP contribution in [0.4, 0.5) is 10.5 Å². The Morgan fingerprint density at radius 2 is 1.61 bits per heavy atom. The number of para-hydroxylation sites is 1. The molecule has 1 aromatic carbocycles. The number of ketones is 1. The molecule has 49 heavy (non-hydrogen) atoms. The van der Waals surface area contributed by atoms with E-state index in [1.165, 1.54) is 11.0 Å². The van der Waals surface area contributed by atoms with E-state index in [9.17, 15) is 28.8 Å². The number of anilines is 1. The van der Waals surface area contributed by atoms with Crippen LogP contribution in [0.3, 0.4) is 0 Å². The molecule has 1 unspecified atom stereocenters. The van der Waals surface area contributed by atoms with Gasteiger partial charge in [0.25, 0.3) is 5.91 Å². The number of benzene rings is 1. The van der Waals surface area contributed by atoms with Crippen LogP contribution in [0.2, 0.25) is 0 Å². The molecule has 5 N–H and O–H groups in total. The summed E-state index contributed by atoms with van der Waals surface area (Å²) in [6, 6.07) is 4.69. The van der Waals surface area contributed by atoms with E-state index < -0.39 is 70.4 Å². The van der Waals surface area contributed by atoms with E-state index in [4.69, 9.17) is 0 Å². The number of carbonyl (C=O) groups is 6. The number of rotatable bonds is 14. The highest BCUT2D eigenvalue weighted by molar-refractivity contribution is 6.38. The first-order valence-electron chi connectivity index (χ1n) is 17.7. The van der Waals surface area contributed by atoms with Crippen molar-refractivity contribution in [2.45, 2.75) is 116 Å². The fourth-order valence-corrected chi connectivity index (χ4v) is 6.96. The second kappa shape index (κ2) is 16.5. The molecule has 2 aliphatic carbocycles. The minimum atomic E-state index is -1.00. The fraction of sp³-hybridized carbons (Fsp3) is 0.622. The number of carbonyl (C=O) groups excluding carboxylic acids is 6. The van der Waals surface area contributed by atoms with Crippen LogP contribution in [0.15, 0.2) is 43.0 Å². The van der Waals surface area contributed by atoms with E-state index in [1.54, 1.807) is 24.3 Å². The SMILES string of the molecule is C=CCNC(=O)C(=O)C(CC1CC1)NC(=O)[C@@H]1CCCN1C(=O)[C@@H](NC(=O)[C@@H](NC(=O)Nc1ccccc1)C1(C)CCCCC1)C(C)(C)C. The molecule has 1 saturated heterocycles.